The lowest BCUT2D eigenvalue weighted by molar-refractivity contribution is -0.384. The highest BCUT2D eigenvalue weighted by molar-refractivity contribution is 5.86. The molecule has 0 saturated carbocycles. The molecule has 2 aromatic rings. The van der Waals surface area contributed by atoms with Crippen molar-refractivity contribution >= 4 is 23.5 Å². The first-order valence-corrected chi connectivity index (χ1v) is 11.5. The fourth-order valence-electron chi connectivity index (χ4n) is 3.99. The molecule has 1 heterocycles. The summed E-state index contributed by atoms with van der Waals surface area (Å²) >= 11 is 0. The monoisotopic (exact) mass is 519 g/mol. The molecule has 12 heteroatoms. The maximum atomic E-state index is 14.1. The fraction of sp³-hybridized carbons (Fsp3) is 0.400. The molecule has 2 amide bonds. The Bertz CT molecular complexity index is 1160. The van der Waals surface area contributed by atoms with E-state index in [1.807, 2.05) is 0 Å². The topological polar surface area (TPSA) is 128 Å². The van der Waals surface area contributed by atoms with Crippen molar-refractivity contribution in [3.63, 3.8) is 0 Å². The van der Waals surface area contributed by atoms with Crippen molar-refractivity contribution in [3.8, 4) is 0 Å². The van der Waals surface area contributed by atoms with Crippen molar-refractivity contribution in [2.45, 2.75) is 57.5 Å². The quantitative estimate of drug-likeness (QED) is 0.275. The number of nitro benzene ring substituents is 1. The molecule has 1 N–H and O–H groups in total. The van der Waals surface area contributed by atoms with Crippen LogP contribution in [0.3, 0.4) is 0 Å². The minimum Gasteiger partial charge on any atom is -0.459 e. The number of amides is 2. The molecule has 1 saturated heterocycles. The minimum atomic E-state index is -1.17. The molecule has 0 bridgehead atoms. The van der Waals surface area contributed by atoms with E-state index in [1.165, 1.54) is 48.4 Å². The summed E-state index contributed by atoms with van der Waals surface area (Å²) in [5, 5.41) is 13.3. The average Bonchev–Trinajstić information content (AvgIpc) is 3.21. The summed E-state index contributed by atoms with van der Waals surface area (Å²) in [4.78, 5) is 49.5. The van der Waals surface area contributed by atoms with Gasteiger partial charge in [-0.2, -0.15) is 0 Å². The fourth-order valence-corrected chi connectivity index (χ4v) is 3.99. The lowest BCUT2D eigenvalue weighted by Gasteiger charge is -2.27. The summed E-state index contributed by atoms with van der Waals surface area (Å²) < 4.78 is 38.2. The zero-order chi connectivity index (χ0) is 27.1. The van der Waals surface area contributed by atoms with Crippen LogP contribution in [0.25, 0.3) is 0 Å². The zero-order valence-corrected chi connectivity index (χ0v) is 20.3. The predicted octanol–water partition coefficient (Wildman–Crippen LogP) is 3.02. The number of methoxy groups -OCH3 is 1. The number of nitrogens with one attached hydrogen (secondary N) is 1. The third-order valence-corrected chi connectivity index (χ3v) is 6.19. The number of esters is 1. The van der Waals surface area contributed by atoms with Gasteiger partial charge in [0.2, 0.25) is 11.8 Å². The number of halogens is 2. The van der Waals surface area contributed by atoms with Gasteiger partial charge >= 0.3 is 5.97 Å². The number of carbonyl (C=O) groups excluding carboxylic acids is 3. The molecule has 3 atom stereocenters. The van der Waals surface area contributed by atoms with Gasteiger partial charge in [-0.25, -0.2) is 13.6 Å². The number of hydrogen-bond acceptors (Lipinski definition) is 7. The van der Waals surface area contributed by atoms with Gasteiger partial charge in [-0.15, -0.1) is 0 Å². The van der Waals surface area contributed by atoms with Crippen molar-refractivity contribution < 1.29 is 37.6 Å². The number of nitrogens with zero attached hydrogens (tertiary/aromatic N) is 2. The standard InChI is InChI=1S/C25H27F2N3O7/c1-15(36-2)24(25(33)37-14-16-6-8-18(9-7-16)30(34)35)28-21(31)12-19-10-11-22(32)29(19)13-17-4-3-5-20(26)23(17)27/h3-9,15,19,24H,10-14H2,1-2H3,(H,28,31)/t15-,19+,24+/m1/s1. The molecule has 198 valence electrons. The normalized spacial score (nSPS) is 16.8. The van der Waals surface area contributed by atoms with Crippen molar-refractivity contribution in [3.05, 3.63) is 75.3 Å². The van der Waals surface area contributed by atoms with Gasteiger partial charge in [0.1, 0.15) is 6.61 Å². The number of likely N-dealkylation sites (tertiary alicyclic amines) is 1. The first-order chi connectivity index (χ1) is 17.6. The molecule has 1 fully saturated rings. The summed E-state index contributed by atoms with van der Waals surface area (Å²) in [6.45, 7) is 1.20. The van der Waals surface area contributed by atoms with Gasteiger partial charge in [-0.3, -0.25) is 19.7 Å². The average molecular weight is 520 g/mol. The Kier molecular flexibility index (Phi) is 9.23. The summed E-state index contributed by atoms with van der Waals surface area (Å²) in [6.07, 6.45) is -0.413. The Morgan fingerprint density at radius 1 is 1.22 bits per heavy atom. The van der Waals surface area contributed by atoms with Crippen LogP contribution in [0, 0.1) is 21.7 Å². The molecule has 37 heavy (non-hydrogen) atoms. The molecular weight excluding hydrogens is 492 g/mol. The van der Waals surface area contributed by atoms with E-state index in [1.54, 1.807) is 6.92 Å². The zero-order valence-electron chi connectivity index (χ0n) is 20.3. The first-order valence-electron chi connectivity index (χ1n) is 11.5. The summed E-state index contributed by atoms with van der Waals surface area (Å²) in [5.41, 5.74) is 0.410. The van der Waals surface area contributed by atoms with Crippen LogP contribution in [0.1, 0.15) is 37.3 Å². The van der Waals surface area contributed by atoms with Gasteiger partial charge in [0, 0.05) is 50.2 Å². The highest BCUT2D eigenvalue weighted by Crippen LogP contribution is 2.25. The lowest BCUT2D eigenvalue weighted by atomic mass is 10.1. The van der Waals surface area contributed by atoms with E-state index in [2.05, 4.69) is 5.32 Å². The van der Waals surface area contributed by atoms with E-state index >= 15 is 0 Å². The summed E-state index contributed by atoms with van der Waals surface area (Å²) in [6, 6.07) is 7.43. The maximum Gasteiger partial charge on any atom is 0.331 e. The molecule has 0 aliphatic carbocycles. The third kappa shape index (κ3) is 7.06. The number of ether oxygens (including phenoxy) is 2. The van der Waals surface area contributed by atoms with E-state index in [4.69, 9.17) is 9.47 Å². The Balaban J connectivity index is 1.61. The molecule has 0 spiro atoms. The summed E-state index contributed by atoms with van der Waals surface area (Å²) in [7, 11) is 1.36. The van der Waals surface area contributed by atoms with Crippen molar-refractivity contribution in [1.29, 1.82) is 0 Å². The van der Waals surface area contributed by atoms with E-state index in [-0.39, 0.29) is 43.2 Å². The number of rotatable bonds is 11. The first kappa shape index (κ1) is 27.7. The van der Waals surface area contributed by atoms with Crippen LogP contribution in [0.15, 0.2) is 42.5 Å². The lowest BCUT2D eigenvalue weighted by Crippen LogP contribution is -2.50. The van der Waals surface area contributed by atoms with Crippen molar-refractivity contribution in [2.24, 2.45) is 0 Å². The third-order valence-electron chi connectivity index (χ3n) is 6.19. The highest BCUT2D eigenvalue weighted by Gasteiger charge is 2.35. The largest absolute Gasteiger partial charge is 0.459 e. The van der Waals surface area contributed by atoms with E-state index in [9.17, 15) is 33.3 Å². The van der Waals surface area contributed by atoms with Gasteiger partial charge in [-0.1, -0.05) is 12.1 Å². The van der Waals surface area contributed by atoms with Crippen LogP contribution in [-0.2, 0) is 37.0 Å². The number of nitro groups is 1. The van der Waals surface area contributed by atoms with Crippen molar-refractivity contribution in [1.82, 2.24) is 10.2 Å². The molecule has 0 unspecified atom stereocenters. The van der Waals surface area contributed by atoms with Crippen LogP contribution in [0.2, 0.25) is 0 Å². The van der Waals surface area contributed by atoms with Crippen LogP contribution in [0.4, 0.5) is 14.5 Å². The Labute approximate surface area is 211 Å². The predicted molar refractivity (Wildman–Crippen MR) is 126 cm³/mol. The smallest absolute Gasteiger partial charge is 0.331 e. The van der Waals surface area contributed by atoms with Gasteiger partial charge < -0.3 is 19.7 Å². The second kappa shape index (κ2) is 12.3. The molecule has 1 aliphatic heterocycles. The number of carbonyl (C=O) groups is 3. The molecular formula is C25H27F2N3O7. The highest BCUT2D eigenvalue weighted by atomic mass is 19.2. The van der Waals surface area contributed by atoms with Gasteiger partial charge in [0.25, 0.3) is 5.69 Å². The van der Waals surface area contributed by atoms with E-state index in [0.717, 1.165) is 6.07 Å². The Morgan fingerprint density at radius 2 is 1.92 bits per heavy atom. The SMILES string of the molecule is CO[C@H](C)[C@H](NC(=O)C[C@@H]1CCC(=O)N1Cc1cccc(F)c1F)C(=O)OCc1ccc([N+](=O)[O-])cc1. The Hall–Kier alpha value is -3.93. The molecule has 3 rings (SSSR count). The second-order valence-corrected chi connectivity index (χ2v) is 8.65. The Morgan fingerprint density at radius 3 is 2.57 bits per heavy atom. The van der Waals surface area contributed by atoms with Gasteiger partial charge in [0.05, 0.1) is 11.0 Å². The van der Waals surface area contributed by atoms with Crippen LogP contribution in [-0.4, -0.2) is 52.9 Å². The molecule has 1 aliphatic rings. The van der Waals surface area contributed by atoms with E-state index < -0.39 is 46.6 Å². The number of hydrogen-bond donors (Lipinski definition) is 1. The molecule has 0 radical (unpaired) electrons. The molecule has 0 aromatic heterocycles. The van der Waals surface area contributed by atoms with Gasteiger partial charge in [-0.05, 0) is 37.1 Å². The summed E-state index contributed by atoms with van der Waals surface area (Å²) in [5.74, 6) is -3.68. The number of benzene rings is 2. The molecule has 2 aromatic carbocycles. The van der Waals surface area contributed by atoms with E-state index in [0.29, 0.717) is 12.0 Å². The van der Waals surface area contributed by atoms with Crippen molar-refractivity contribution in [2.75, 3.05) is 7.11 Å². The van der Waals surface area contributed by atoms with Crippen LogP contribution >= 0.6 is 0 Å². The van der Waals surface area contributed by atoms with Crippen LogP contribution < -0.4 is 5.32 Å². The second-order valence-electron chi connectivity index (χ2n) is 8.65. The maximum absolute atomic E-state index is 14.1. The minimum absolute atomic E-state index is 0.00126. The van der Waals surface area contributed by atoms with Crippen LogP contribution in [0.5, 0.6) is 0 Å². The van der Waals surface area contributed by atoms with Gasteiger partial charge in [0.15, 0.2) is 17.7 Å². The number of non-ortho nitro benzene ring substituents is 1. The molecule has 10 nitrogen and oxygen atoms in total.